The molecule has 19 heavy (non-hydrogen) atoms. The molecule has 1 aliphatic heterocycles. The third kappa shape index (κ3) is 2.01. The predicted octanol–water partition coefficient (Wildman–Crippen LogP) is 2.47. The van der Waals surface area contributed by atoms with Crippen LogP contribution in [0, 0.1) is 5.41 Å². The number of rotatable bonds is 2. The van der Waals surface area contributed by atoms with Crippen LogP contribution in [0.5, 0.6) is 5.75 Å². The van der Waals surface area contributed by atoms with E-state index in [1.54, 1.807) is 7.11 Å². The molecule has 3 heteroatoms. The monoisotopic (exact) mass is 259 g/mol. The zero-order valence-corrected chi connectivity index (χ0v) is 11.7. The summed E-state index contributed by atoms with van der Waals surface area (Å²) in [7, 11) is 1.70. The smallest absolute Gasteiger partial charge is 0.220 e. The van der Waals surface area contributed by atoms with Gasteiger partial charge in [-0.2, -0.15) is 0 Å². The number of benzene rings is 1. The van der Waals surface area contributed by atoms with Gasteiger partial charge in [0.15, 0.2) is 0 Å². The third-order valence-electron chi connectivity index (χ3n) is 4.84. The fraction of sp³-hybridized carbons (Fsp3) is 0.562. The Morgan fingerprint density at radius 3 is 2.95 bits per heavy atom. The number of methoxy groups -OCH3 is 1. The molecule has 0 saturated carbocycles. The van der Waals surface area contributed by atoms with Crippen molar-refractivity contribution in [2.24, 2.45) is 5.41 Å². The molecular weight excluding hydrogens is 238 g/mol. The summed E-state index contributed by atoms with van der Waals surface area (Å²) in [5, 5.41) is 3.15. The summed E-state index contributed by atoms with van der Waals surface area (Å²) in [5.74, 6) is 1.14. The Kier molecular flexibility index (Phi) is 3.00. The molecule has 1 aromatic rings. The highest BCUT2D eigenvalue weighted by molar-refractivity contribution is 5.80. The largest absolute Gasteiger partial charge is 0.497 e. The van der Waals surface area contributed by atoms with E-state index in [-0.39, 0.29) is 11.3 Å². The lowest BCUT2D eigenvalue weighted by Crippen LogP contribution is -2.40. The molecule has 1 fully saturated rings. The van der Waals surface area contributed by atoms with Crippen LogP contribution in [0.15, 0.2) is 18.2 Å². The van der Waals surface area contributed by atoms with Crippen LogP contribution in [0.4, 0.5) is 0 Å². The van der Waals surface area contributed by atoms with Crippen molar-refractivity contribution in [1.82, 2.24) is 5.32 Å². The summed E-state index contributed by atoms with van der Waals surface area (Å²) in [4.78, 5) is 11.8. The molecule has 102 valence electrons. The fourth-order valence-electron chi connectivity index (χ4n) is 3.81. The van der Waals surface area contributed by atoms with Gasteiger partial charge in [0.25, 0.3) is 0 Å². The van der Waals surface area contributed by atoms with Gasteiger partial charge in [-0.1, -0.05) is 13.0 Å². The van der Waals surface area contributed by atoms with E-state index in [4.69, 9.17) is 4.74 Å². The Bertz CT molecular complexity index is 511. The molecule has 0 aromatic heterocycles. The number of ether oxygens (including phenoxy) is 1. The molecule has 1 amide bonds. The first-order valence-corrected chi connectivity index (χ1v) is 7.12. The predicted molar refractivity (Wildman–Crippen MR) is 74.3 cm³/mol. The standard InChI is InChI=1S/C16H21NO2/c1-3-14-16(10-15(18)17-14)7-6-11-4-5-13(19-2)8-12(11)9-16/h4-5,8,14H,3,6-7,9-10H2,1-2H3,(H,17,18). The summed E-state index contributed by atoms with van der Waals surface area (Å²) >= 11 is 0. The highest BCUT2D eigenvalue weighted by atomic mass is 16.5. The van der Waals surface area contributed by atoms with Crippen LogP contribution in [0.1, 0.15) is 37.3 Å². The maximum Gasteiger partial charge on any atom is 0.220 e. The average molecular weight is 259 g/mol. The summed E-state index contributed by atoms with van der Waals surface area (Å²) in [6.45, 7) is 2.17. The van der Waals surface area contributed by atoms with Crippen LogP contribution in [0.25, 0.3) is 0 Å². The van der Waals surface area contributed by atoms with Gasteiger partial charge < -0.3 is 10.1 Å². The molecule has 2 aliphatic rings. The molecule has 3 nitrogen and oxygen atoms in total. The van der Waals surface area contributed by atoms with Gasteiger partial charge >= 0.3 is 0 Å². The van der Waals surface area contributed by atoms with Gasteiger partial charge in [-0.05, 0) is 48.9 Å². The Morgan fingerprint density at radius 2 is 2.21 bits per heavy atom. The summed E-state index contributed by atoms with van der Waals surface area (Å²) in [6, 6.07) is 6.68. The average Bonchev–Trinajstić information content (AvgIpc) is 2.73. The Labute approximate surface area is 114 Å². The molecule has 3 rings (SSSR count). The lowest BCUT2D eigenvalue weighted by Gasteiger charge is -2.38. The molecule has 1 aromatic carbocycles. The molecule has 0 bridgehead atoms. The van der Waals surface area contributed by atoms with E-state index in [2.05, 4.69) is 24.4 Å². The van der Waals surface area contributed by atoms with Crippen molar-refractivity contribution in [3.63, 3.8) is 0 Å². The highest BCUT2D eigenvalue weighted by Crippen LogP contribution is 2.45. The van der Waals surface area contributed by atoms with Crippen LogP contribution in [0.2, 0.25) is 0 Å². The quantitative estimate of drug-likeness (QED) is 0.886. The maximum absolute atomic E-state index is 11.8. The summed E-state index contributed by atoms with van der Waals surface area (Å²) in [6.07, 6.45) is 4.89. The number of amides is 1. The van der Waals surface area contributed by atoms with Crippen LogP contribution >= 0.6 is 0 Å². The number of aryl methyl sites for hydroxylation is 1. The molecular formula is C16H21NO2. The van der Waals surface area contributed by atoms with Gasteiger partial charge in [-0.15, -0.1) is 0 Å². The fourth-order valence-corrected chi connectivity index (χ4v) is 3.81. The molecule has 1 heterocycles. The van der Waals surface area contributed by atoms with Gasteiger partial charge in [0.1, 0.15) is 5.75 Å². The number of hydrogen-bond donors (Lipinski definition) is 1. The van der Waals surface area contributed by atoms with Gasteiger partial charge in [-0.25, -0.2) is 0 Å². The Morgan fingerprint density at radius 1 is 1.37 bits per heavy atom. The first-order valence-electron chi connectivity index (χ1n) is 7.12. The van der Waals surface area contributed by atoms with Gasteiger partial charge in [-0.3, -0.25) is 4.79 Å². The van der Waals surface area contributed by atoms with Crippen LogP contribution in [-0.2, 0) is 17.6 Å². The van der Waals surface area contributed by atoms with E-state index in [0.717, 1.165) is 31.4 Å². The van der Waals surface area contributed by atoms with Crippen molar-refractivity contribution in [1.29, 1.82) is 0 Å². The number of hydrogen-bond acceptors (Lipinski definition) is 2. The summed E-state index contributed by atoms with van der Waals surface area (Å²) in [5.41, 5.74) is 2.91. The number of carbonyl (C=O) groups is 1. The molecule has 2 unspecified atom stereocenters. The van der Waals surface area contributed by atoms with Gasteiger partial charge in [0, 0.05) is 17.9 Å². The number of carbonyl (C=O) groups excluding carboxylic acids is 1. The second-order valence-corrected chi connectivity index (χ2v) is 5.88. The van der Waals surface area contributed by atoms with Crippen LogP contribution < -0.4 is 10.1 Å². The maximum atomic E-state index is 11.8. The van der Waals surface area contributed by atoms with Crippen LogP contribution in [0.3, 0.4) is 0 Å². The Balaban J connectivity index is 1.94. The topological polar surface area (TPSA) is 38.3 Å². The molecule has 1 saturated heterocycles. The van der Waals surface area contributed by atoms with Crippen LogP contribution in [-0.4, -0.2) is 19.1 Å². The van der Waals surface area contributed by atoms with Crippen molar-refractivity contribution in [2.45, 2.75) is 45.1 Å². The number of fused-ring (bicyclic) bond motifs is 1. The molecule has 2 atom stereocenters. The molecule has 1 aliphatic carbocycles. The molecule has 0 radical (unpaired) electrons. The van der Waals surface area contributed by atoms with Gasteiger partial charge in [0.2, 0.25) is 5.91 Å². The van der Waals surface area contributed by atoms with E-state index >= 15 is 0 Å². The van der Waals surface area contributed by atoms with E-state index in [9.17, 15) is 4.79 Å². The normalized spacial score (nSPS) is 29.2. The first-order chi connectivity index (χ1) is 9.16. The van der Waals surface area contributed by atoms with E-state index in [1.807, 2.05) is 6.07 Å². The minimum atomic E-state index is 0.130. The Hall–Kier alpha value is -1.51. The number of nitrogens with one attached hydrogen (secondary N) is 1. The van der Waals surface area contributed by atoms with Crippen molar-refractivity contribution >= 4 is 5.91 Å². The minimum Gasteiger partial charge on any atom is -0.497 e. The third-order valence-corrected chi connectivity index (χ3v) is 4.84. The molecule has 1 spiro atoms. The van der Waals surface area contributed by atoms with Gasteiger partial charge in [0.05, 0.1) is 7.11 Å². The second-order valence-electron chi connectivity index (χ2n) is 5.88. The SMILES string of the molecule is CCC1NC(=O)CC12CCc1ccc(OC)cc1C2. The highest BCUT2D eigenvalue weighted by Gasteiger charge is 2.47. The summed E-state index contributed by atoms with van der Waals surface area (Å²) < 4.78 is 5.32. The minimum absolute atomic E-state index is 0.130. The first kappa shape index (κ1) is 12.5. The lowest BCUT2D eigenvalue weighted by molar-refractivity contribution is -0.119. The zero-order chi connectivity index (χ0) is 13.5. The van der Waals surface area contributed by atoms with Crippen molar-refractivity contribution in [2.75, 3.05) is 7.11 Å². The van der Waals surface area contributed by atoms with E-state index in [1.165, 1.54) is 11.1 Å². The van der Waals surface area contributed by atoms with Crippen molar-refractivity contribution < 1.29 is 9.53 Å². The van der Waals surface area contributed by atoms with E-state index < -0.39 is 0 Å². The van der Waals surface area contributed by atoms with Crippen molar-refractivity contribution in [3.05, 3.63) is 29.3 Å². The zero-order valence-electron chi connectivity index (χ0n) is 11.7. The lowest BCUT2D eigenvalue weighted by atomic mass is 9.66. The van der Waals surface area contributed by atoms with Crippen molar-refractivity contribution in [3.8, 4) is 5.75 Å². The van der Waals surface area contributed by atoms with E-state index in [0.29, 0.717) is 12.5 Å². The molecule has 1 N–H and O–H groups in total. The second kappa shape index (κ2) is 4.55.